The highest BCUT2D eigenvalue weighted by Crippen LogP contribution is 2.45. The summed E-state index contributed by atoms with van der Waals surface area (Å²) in [5.41, 5.74) is 3.44. The Morgan fingerprint density at radius 3 is 2.35 bits per heavy atom. The maximum absolute atomic E-state index is 13.3. The van der Waals surface area contributed by atoms with Crippen LogP contribution in [0.2, 0.25) is 10.0 Å². The van der Waals surface area contributed by atoms with Crippen molar-refractivity contribution in [1.82, 2.24) is 9.80 Å². The van der Waals surface area contributed by atoms with Crippen LogP contribution in [0.4, 0.5) is 10.5 Å². The normalized spacial score (nSPS) is 17.8. The molecule has 31 heavy (non-hydrogen) atoms. The van der Waals surface area contributed by atoms with E-state index in [2.05, 4.69) is 5.32 Å². The number of likely N-dealkylation sites (tertiary alicyclic amines) is 1. The molecule has 0 atom stereocenters. The number of nitrogens with one attached hydrogen (secondary N) is 1. The van der Waals surface area contributed by atoms with Gasteiger partial charge in [0.05, 0.1) is 15.5 Å². The molecule has 0 unspecified atom stereocenters. The first kappa shape index (κ1) is 22.3. The fourth-order valence-corrected chi connectivity index (χ4v) is 6.32. The number of hydrogen-bond donors (Lipinski definition) is 1. The zero-order chi connectivity index (χ0) is 22.2. The Labute approximate surface area is 197 Å². The third-order valence-corrected chi connectivity index (χ3v) is 8.23. The van der Waals surface area contributed by atoms with Crippen LogP contribution in [0.25, 0.3) is 0 Å². The van der Waals surface area contributed by atoms with Crippen molar-refractivity contribution in [2.45, 2.75) is 31.6 Å². The summed E-state index contributed by atoms with van der Waals surface area (Å²) in [5.74, 6) is 0.811. The number of halogens is 2. The smallest absolute Gasteiger partial charge is 0.321 e. The van der Waals surface area contributed by atoms with Gasteiger partial charge in [-0.25, -0.2) is 4.79 Å². The van der Waals surface area contributed by atoms with Gasteiger partial charge in [-0.3, -0.25) is 4.79 Å². The minimum atomic E-state index is -0.296. The van der Waals surface area contributed by atoms with E-state index in [4.69, 9.17) is 23.2 Å². The Bertz CT molecular complexity index is 1000. The highest BCUT2D eigenvalue weighted by atomic mass is 35.5. The minimum absolute atomic E-state index is 0.0693. The second-order valence-electron chi connectivity index (χ2n) is 8.06. The minimum Gasteiger partial charge on any atom is -0.324 e. The van der Waals surface area contributed by atoms with Gasteiger partial charge in [0.2, 0.25) is 0 Å². The maximum atomic E-state index is 13.3. The van der Waals surface area contributed by atoms with Crippen LogP contribution in [0.15, 0.2) is 36.4 Å². The average molecular weight is 478 g/mol. The molecule has 0 aliphatic carbocycles. The first-order valence-electron chi connectivity index (χ1n) is 10.3. The standard InChI is InChI=1S/C23H25Cl2N3O2S/c1-15-4-3-5-16(2)20(15)26-22(30)27-10-8-23(9-11-27)28(12-13-31-23)21(29)18-7-6-17(24)14-19(18)25/h3-7,14H,8-13H2,1-2H3,(H,26,30). The number of anilines is 1. The number of carbonyl (C=O) groups is 2. The summed E-state index contributed by atoms with van der Waals surface area (Å²) in [6.07, 6.45) is 1.46. The molecule has 164 valence electrons. The van der Waals surface area contributed by atoms with Gasteiger partial charge in [-0.05, 0) is 56.0 Å². The monoisotopic (exact) mass is 477 g/mol. The topological polar surface area (TPSA) is 52.7 Å². The molecule has 4 rings (SSSR count). The van der Waals surface area contributed by atoms with Crippen molar-refractivity contribution in [1.29, 1.82) is 0 Å². The second kappa shape index (κ2) is 8.93. The molecule has 0 aromatic heterocycles. The van der Waals surface area contributed by atoms with Crippen LogP contribution in [-0.4, -0.2) is 52.0 Å². The predicted octanol–water partition coefficient (Wildman–Crippen LogP) is 5.82. The van der Waals surface area contributed by atoms with Crippen LogP contribution in [0.1, 0.15) is 34.3 Å². The third kappa shape index (κ3) is 4.38. The average Bonchev–Trinajstić information content (AvgIpc) is 3.13. The number of aryl methyl sites for hydroxylation is 2. The molecule has 2 saturated heterocycles. The summed E-state index contributed by atoms with van der Waals surface area (Å²) in [4.78, 5) is 29.6. The molecule has 2 aromatic rings. The Morgan fingerprint density at radius 1 is 1.03 bits per heavy atom. The van der Waals surface area contributed by atoms with E-state index in [1.807, 2.05) is 41.8 Å². The summed E-state index contributed by atoms with van der Waals surface area (Å²) in [6, 6.07) is 10.9. The molecule has 2 aliphatic heterocycles. The van der Waals surface area contributed by atoms with E-state index in [0.29, 0.717) is 35.2 Å². The number of thioether (sulfide) groups is 1. The van der Waals surface area contributed by atoms with Crippen molar-refractivity contribution >= 4 is 52.6 Å². The van der Waals surface area contributed by atoms with Crippen LogP contribution in [0, 0.1) is 13.8 Å². The lowest BCUT2D eigenvalue weighted by Crippen LogP contribution is -2.54. The fourth-order valence-electron chi connectivity index (χ4n) is 4.37. The Hall–Kier alpha value is -1.89. The number of benzene rings is 2. The van der Waals surface area contributed by atoms with Crippen LogP contribution in [0.3, 0.4) is 0 Å². The molecule has 5 nitrogen and oxygen atoms in total. The molecule has 2 heterocycles. The quantitative estimate of drug-likeness (QED) is 0.592. The number of hydrogen-bond acceptors (Lipinski definition) is 3. The van der Waals surface area contributed by atoms with Gasteiger partial charge in [-0.1, -0.05) is 41.4 Å². The maximum Gasteiger partial charge on any atom is 0.321 e. The first-order valence-corrected chi connectivity index (χ1v) is 12.1. The van der Waals surface area contributed by atoms with Crippen molar-refractivity contribution in [2.24, 2.45) is 0 Å². The van der Waals surface area contributed by atoms with E-state index in [0.717, 1.165) is 35.4 Å². The fraction of sp³-hybridized carbons (Fsp3) is 0.391. The van der Waals surface area contributed by atoms with Gasteiger partial charge in [0.15, 0.2) is 0 Å². The van der Waals surface area contributed by atoms with Gasteiger partial charge in [-0.2, -0.15) is 0 Å². The SMILES string of the molecule is Cc1cccc(C)c1NC(=O)N1CCC2(CC1)SCCN2C(=O)c1ccc(Cl)cc1Cl. The largest absolute Gasteiger partial charge is 0.324 e. The molecule has 1 N–H and O–H groups in total. The number of para-hydroxylation sites is 1. The van der Waals surface area contributed by atoms with E-state index in [1.54, 1.807) is 30.0 Å². The van der Waals surface area contributed by atoms with Crippen LogP contribution >= 0.6 is 35.0 Å². The van der Waals surface area contributed by atoms with Gasteiger partial charge in [-0.15, -0.1) is 11.8 Å². The van der Waals surface area contributed by atoms with Crippen molar-refractivity contribution in [3.8, 4) is 0 Å². The van der Waals surface area contributed by atoms with Crippen molar-refractivity contribution in [2.75, 3.05) is 30.7 Å². The Kier molecular flexibility index (Phi) is 6.42. The predicted molar refractivity (Wildman–Crippen MR) is 128 cm³/mol. The van der Waals surface area contributed by atoms with Crippen molar-refractivity contribution < 1.29 is 9.59 Å². The molecular weight excluding hydrogens is 453 g/mol. The lowest BCUT2D eigenvalue weighted by molar-refractivity contribution is 0.0586. The van der Waals surface area contributed by atoms with E-state index < -0.39 is 0 Å². The number of rotatable bonds is 2. The molecule has 0 radical (unpaired) electrons. The molecule has 2 aromatic carbocycles. The molecule has 1 spiro atoms. The lowest BCUT2D eigenvalue weighted by Gasteiger charge is -2.44. The molecule has 8 heteroatoms. The number of amides is 3. The highest BCUT2D eigenvalue weighted by Gasteiger charge is 2.47. The summed E-state index contributed by atoms with van der Waals surface area (Å²) in [6.45, 7) is 5.86. The summed E-state index contributed by atoms with van der Waals surface area (Å²) in [7, 11) is 0. The summed E-state index contributed by atoms with van der Waals surface area (Å²) < 4.78 is 0. The van der Waals surface area contributed by atoms with Crippen LogP contribution < -0.4 is 5.32 Å². The number of carbonyl (C=O) groups excluding carboxylic acids is 2. The Balaban J connectivity index is 1.45. The summed E-state index contributed by atoms with van der Waals surface area (Å²) >= 11 is 14.1. The molecular formula is C23H25Cl2N3O2S. The number of nitrogens with zero attached hydrogens (tertiary/aromatic N) is 2. The molecule has 3 amide bonds. The third-order valence-electron chi connectivity index (χ3n) is 6.13. The van der Waals surface area contributed by atoms with Crippen molar-refractivity contribution in [3.05, 3.63) is 63.1 Å². The Morgan fingerprint density at radius 2 is 1.71 bits per heavy atom. The van der Waals surface area contributed by atoms with Gasteiger partial charge < -0.3 is 15.1 Å². The summed E-state index contributed by atoms with van der Waals surface area (Å²) in [5, 5.41) is 3.95. The van der Waals surface area contributed by atoms with E-state index >= 15 is 0 Å². The zero-order valence-electron chi connectivity index (χ0n) is 17.6. The first-order chi connectivity index (χ1) is 14.8. The van der Waals surface area contributed by atoms with Gasteiger partial charge >= 0.3 is 6.03 Å². The molecule has 2 fully saturated rings. The zero-order valence-corrected chi connectivity index (χ0v) is 19.9. The molecule has 0 bridgehead atoms. The van der Waals surface area contributed by atoms with Crippen LogP contribution in [-0.2, 0) is 0 Å². The van der Waals surface area contributed by atoms with E-state index in [-0.39, 0.29) is 16.8 Å². The molecule has 2 aliphatic rings. The molecule has 0 saturated carbocycles. The van der Waals surface area contributed by atoms with E-state index in [9.17, 15) is 9.59 Å². The number of piperidine rings is 1. The van der Waals surface area contributed by atoms with Gasteiger partial charge in [0.25, 0.3) is 5.91 Å². The van der Waals surface area contributed by atoms with Crippen LogP contribution in [0.5, 0.6) is 0 Å². The highest BCUT2D eigenvalue weighted by molar-refractivity contribution is 8.00. The second-order valence-corrected chi connectivity index (χ2v) is 10.4. The van der Waals surface area contributed by atoms with Crippen molar-refractivity contribution in [3.63, 3.8) is 0 Å². The van der Waals surface area contributed by atoms with Gasteiger partial charge in [0.1, 0.15) is 0 Å². The van der Waals surface area contributed by atoms with E-state index in [1.165, 1.54) is 0 Å². The lowest BCUT2D eigenvalue weighted by atomic mass is 10.0. The number of urea groups is 1. The van der Waals surface area contributed by atoms with Gasteiger partial charge in [0, 0.05) is 36.1 Å².